The van der Waals surface area contributed by atoms with Gasteiger partial charge in [0.25, 0.3) is 0 Å². The maximum absolute atomic E-state index is 8.56. The zero-order chi connectivity index (χ0) is 12.0. The van der Waals surface area contributed by atoms with Gasteiger partial charge < -0.3 is 5.32 Å². The van der Waals surface area contributed by atoms with Crippen molar-refractivity contribution in [2.75, 3.05) is 6.54 Å². The Kier molecular flexibility index (Phi) is 4.91. The minimum absolute atomic E-state index is 0.181. The number of aryl methyl sites for hydroxylation is 1. The van der Waals surface area contributed by atoms with E-state index in [9.17, 15) is 0 Å². The van der Waals surface area contributed by atoms with E-state index >= 15 is 0 Å². The van der Waals surface area contributed by atoms with Crippen molar-refractivity contribution in [2.45, 2.75) is 40.2 Å². The Hall–Kier alpha value is -0.920. The monoisotopic (exact) mass is 237 g/mol. The molecule has 16 heavy (non-hydrogen) atoms. The Bertz CT molecular complexity index is 363. The van der Waals surface area contributed by atoms with E-state index in [1.165, 1.54) is 0 Å². The van der Waals surface area contributed by atoms with Crippen LogP contribution in [-0.4, -0.2) is 11.5 Å². The summed E-state index contributed by atoms with van der Waals surface area (Å²) in [4.78, 5) is 4.40. The third kappa shape index (κ3) is 4.73. The van der Waals surface area contributed by atoms with E-state index < -0.39 is 0 Å². The molecule has 0 amide bonds. The normalized spacial score (nSPS) is 11.4. The molecule has 1 aromatic rings. The Morgan fingerprint density at radius 1 is 1.56 bits per heavy atom. The largest absolute Gasteiger partial charge is 0.311 e. The summed E-state index contributed by atoms with van der Waals surface area (Å²) in [6.07, 6.45) is 1.57. The fourth-order valence-corrected chi connectivity index (χ4v) is 2.11. The van der Waals surface area contributed by atoms with Gasteiger partial charge in [-0.15, -0.1) is 11.3 Å². The quantitative estimate of drug-likeness (QED) is 0.827. The van der Waals surface area contributed by atoms with E-state index in [1.807, 2.05) is 6.92 Å². The first-order valence-corrected chi connectivity index (χ1v) is 6.40. The zero-order valence-corrected chi connectivity index (χ0v) is 11.0. The molecule has 0 aliphatic carbocycles. The van der Waals surface area contributed by atoms with Crippen LogP contribution in [0.2, 0.25) is 0 Å². The average molecular weight is 237 g/mol. The number of rotatable bonds is 6. The molecule has 0 spiro atoms. The highest BCUT2D eigenvalue weighted by Crippen LogP contribution is 2.20. The Labute approximate surface area is 102 Å². The Morgan fingerprint density at radius 2 is 2.31 bits per heavy atom. The van der Waals surface area contributed by atoms with Gasteiger partial charge in [-0.2, -0.15) is 5.26 Å². The Morgan fingerprint density at radius 3 is 2.88 bits per heavy atom. The van der Waals surface area contributed by atoms with E-state index in [-0.39, 0.29) is 5.41 Å². The number of hydrogen-bond acceptors (Lipinski definition) is 4. The van der Waals surface area contributed by atoms with Crippen molar-refractivity contribution in [1.82, 2.24) is 10.3 Å². The summed E-state index contributed by atoms with van der Waals surface area (Å²) in [5, 5.41) is 15.2. The topological polar surface area (TPSA) is 48.7 Å². The predicted molar refractivity (Wildman–Crippen MR) is 67.2 cm³/mol. The van der Waals surface area contributed by atoms with Crippen molar-refractivity contribution in [3.05, 3.63) is 16.1 Å². The molecule has 0 radical (unpaired) electrons. The second-order valence-corrected chi connectivity index (χ2v) is 5.85. The molecule has 1 heterocycles. The van der Waals surface area contributed by atoms with Gasteiger partial charge in [0.05, 0.1) is 16.8 Å². The van der Waals surface area contributed by atoms with Gasteiger partial charge in [0, 0.05) is 24.9 Å². The van der Waals surface area contributed by atoms with E-state index in [0.717, 1.165) is 30.2 Å². The predicted octanol–water partition coefficient (Wildman–Crippen LogP) is 2.87. The van der Waals surface area contributed by atoms with Crippen LogP contribution in [0.1, 0.15) is 37.4 Å². The lowest BCUT2D eigenvalue weighted by atomic mass is 9.88. The van der Waals surface area contributed by atoms with Crippen molar-refractivity contribution in [3.8, 4) is 6.07 Å². The van der Waals surface area contributed by atoms with Crippen LogP contribution in [0.5, 0.6) is 0 Å². The smallest absolute Gasteiger partial charge is 0.0897 e. The van der Waals surface area contributed by atoms with Gasteiger partial charge in [0.1, 0.15) is 0 Å². The van der Waals surface area contributed by atoms with E-state index in [1.54, 1.807) is 11.3 Å². The molecule has 0 unspecified atom stereocenters. The zero-order valence-electron chi connectivity index (χ0n) is 10.2. The maximum Gasteiger partial charge on any atom is 0.0897 e. The van der Waals surface area contributed by atoms with Gasteiger partial charge in [-0.1, -0.05) is 13.8 Å². The molecular weight excluding hydrogens is 218 g/mol. The maximum atomic E-state index is 8.56. The van der Waals surface area contributed by atoms with Crippen molar-refractivity contribution in [2.24, 2.45) is 5.41 Å². The SMILES string of the molecule is Cc1nc(CNCC(C)(C)CCC#N)cs1. The second kappa shape index (κ2) is 5.97. The van der Waals surface area contributed by atoms with E-state index in [2.05, 4.69) is 35.6 Å². The number of nitrogens with one attached hydrogen (secondary N) is 1. The highest BCUT2D eigenvalue weighted by atomic mass is 32.1. The molecule has 88 valence electrons. The minimum Gasteiger partial charge on any atom is -0.311 e. The summed E-state index contributed by atoms with van der Waals surface area (Å²) in [7, 11) is 0. The van der Waals surface area contributed by atoms with Crippen LogP contribution >= 0.6 is 11.3 Å². The fraction of sp³-hybridized carbons (Fsp3) is 0.667. The lowest BCUT2D eigenvalue weighted by Crippen LogP contribution is -2.29. The van der Waals surface area contributed by atoms with E-state index in [4.69, 9.17) is 5.26 Å². The molecule has 3 nitrogen and oxygen atoms in total. The Balaban J connectivity index is 2.27. The standard InChI is InChI=1S/C12H19N3S/c1-10-15-11(8-16-10)7-14-9-12(2,3)5-4-6-13/h8,14H,4-5,7,9H2,1-3H3. The summed E-state index contributed by atoms with van der Waals surface area (Å²) in [5.41, 5.74) is 1.29. The third-order valence-electron chi connectivity index (χ3n) is 2.49. The number of aromatic nitrogens is 1. The molecule has 0 aliphatic rings. The summed E-state index contributed by atoms with van der Waals surface area (Å²) in [6, 6.07) is 2.20. The van der Waals surface area contributed by atoms with Crippen molar-refractivity contribution in [1.29, 1.82) is 5.26 Å². The van der Waals surface area contributed by atoms with Gasteiger partial charge in [0.15, 0.2) is 0 Å². The summed E-state index contributed by atoms with van der Waals surface area (Å²) in [5.74, 6) is 0. The molecule has 4 heteroatoms. The van der Waals surface area contributed by atoms with Crippen LogP contribution < -0.4 is 5.32 Å². The first-order chi connectivity index (χ1) is 7.53. The van der Waals surface area contributed by atoms with Crippen LogP contribution in [0.4, 0.5) is 0 Å². The lowest BCUT2D eigenvalue weighted by molar-refractivity contribution is 0.317. The van der Waals surface area contributed by atoms with Crippen molar-refractivity contribution >= 4 is 11.3 Å². The number of nitrogens with zero attached hydrogens (tertiary/aromatic N) is 2. The first kappa shape index (κ1) is 13.1. The minimum atomic E-state index is 0.181. The van der Waals surface area contributed by atoms with Crippen LogP contribution in [0.3, 0.4) is 0 Å². The molecule has 0 saturated heterocycles. The highest BCUT2D eigenvalue weighted by molar-refractivity contribution is 7.09. The van der Waals surface area contributed by atoms with Crippen LogP contribution in [0.25, 0.3) is 0 Å². The second-order valence-electron chi connectivity index (χ2n) is 4.78. The van der Waals surface area contributed by atoms with Crippen LogP contribution in [0.15, 0.2) is 5.38 Å². The van der Waals surface area contributed by atoms with Crippen LogP contribution in [-0.2, 0) is 6.54 Å². The first-order valence-electron chi connectivity index (χ1n) is 5.52. The van der Waals surface area contributed by atoms with Gasteiger partial charge in [-0.25, -0.2) is 4.98 Å². The molecule has 0 aromatic carbocycles. The summed E-state index contributed by atoms with van der Waals surface area (Å²) in [6.45, 7) is 8.13. The van der Waals surface area contributed by atoms with Crippen molar-refractivity contribution in [3.63, 3.8) is 0 Å². The highest BCUT2D eigenvalue weighted by Gasteiger charge is 2.16. The van der Waals surface area contributed by atoms with Crippen LogP contribution in [0, 0.1) is 23.7 Å². The van der Waals surface area contributed by atoms with Gasteiger partial charge in [-0.05, 0) is 18.8 Å². The third-order valence-corrected chi connectivity index (χ3v) is 3.31. The van der Waals surface area contributed by atoms with Gasteiger partial charge in [-0.3, -0.25) is 0 Å². The molecule has 1 N–H and O–H groups in total. The van der Waals surface area contributed by atoms with Crippen molar-refractivity contribution < 1.29 is 0 Å². The summed E-state index contributed by atoms with van der Waals surface area (Å²) < 4.78 is 0. The molecule has 1 rings (SSSR count). The number of hydrogen-bond donors (Lipinski definition) is 1. The molecule has 0 fully saturated rings. The number of nitriles is 1. The van der Waals surface area contributed by atoms with Gasteiger partial charge in [0.2, 0.25) is 0 Å². The lowest BCUT2D eigenvalue weighted by Gasteiger charge is -2.23. The fourth-order valence-electron chi connectivity index (χ4n) is 1.50. The van der Waals surface area contributed by atoms with E-state index in [0.29, 0.717) is 6.42 Å². The molecular formula is C12H19N3S. The molecule has 1 aromatic heterocycles. The molecule has 0 aliphatic heterocycles. The molecule has 0 atom stereocenters. The molecule has 0 bridgehead atoms. The summed E-state index contributed by atoms with van der Waals surface area (Å²) >= 11 is 1.68. The number of thiazole rings is 1. The average Bonchev–Trinajstić information content (AvgIpc) is 2.61. The van der Waals surface area contributed by atoms with Gasteiger partial charge >= 0.3 is 0 Å². The molecule has 0 saturated carbocycles.